The smallest absolute Gasteiger partial charge is 0.282 e. The Hall–Kier alpha value is -2.19. The summed E-state index contributed by atoms with van der Waals surface area (Å²) >= 11 is 0. The molecule has 0 amide bonds. The summed E-state index contributed by atoms with van der Waals surface area (Å²) in [6.07, 6.45) is 2.88. The van der Waals surface area contributed by atoms with Gasteiger partial charge in [-0.1, -0.05) is 6.07 Å². The van der Waals surface area contributed by atoms with Gasteiger partial charge < -0.3 is 5.43 Å². The number of nitrogens with two attached hydrogens (primary N) is 1. The number of sulfonamides is 1. The van der Waals surface area contributed by atoms with Gasteiger partial charge in [0.05, 0.1) is 5.69 Å². The highest BCUT2D eigenvalue weighted by Crippen LogP contribution is 2.20. The number of anilines is 2. The van der Waals surface area contributed by atoms with E-state index >= 15 is 0 Å². The van der Waals surface area contributed by atoms with Crippen LogP contribution >= 0.6 is 0 Å². The molecule has 0 atom stereocenters. The van der Waals surface area contributed by atoms with Gasteiger partial charge in [-0.15, -0.1) is 0 Å². The summed E-state index contributed by atoms with van der Waals surface area (Å²) in [6, 6.07) is 6.58. The monoisotopic (exact) mass is 279 g/mol. The lowest BCUT2D eigenvalue weighted by atomic mass is 10.3. The van der Waals surface area contributed by atoms with Crippen molar-refractivity contribution in [1.82, 2.24) is 9.97 Å². The number of rotatable bonds is 4. The molecular weight excluding hydrogens is 266 g/mol. The van der Waals surface area contributed by atoms with Crippen LogP contribution in [0.5, 0.6) is 0 Å². The summed E-state index contributed by atoms with van der Waals surface area (Å²) < 4.78 is 26.8. The molecule has 0 aromatic carbocycles. The zero-order valence-corrected chi connectivity index (χ0v) is 11.0. The largest absolute Gasteiger partial charge is 0.321 e. The Balaban J connectivity index is 2.41. The van der Waals surface area contributed by atoms with Gasteiger partial charge in [0.1, 0.15) is 5.82 Å². The van der Waals surface area contributed by atoms with Gasteiger partial charge in [0, 0.05) is 12.4 Å². The Bertz CT molecular complexity index is 687. The Morgan fingerprint density at radius 1 is 1.16 bits per heavy atom. The minimum Gasteiger partial charge on any atom is -0.321 e. The van der Waals surface area contributed by atoms with E-state index in [4.69, 9.17) is 5.84 Å². The summed E-state index contributed by atoms with van der Waals surface area (Å²) in [4.78, 5) is 7.80. The fourth-order valence-corrected chi connectivity index (χ4v) is 2.66. The topological polar surface area (TPSA) is 110 Å². The van der Waals surface area contributed by atoms with Crippen LogP contribution in [0.1, 0.15) is 5.56 Å². The van der Waals surface area contributed by atoms with Gasteiger partial charge in [-0.3, -0.25) is 10.6 Å². The number of hydrazine groups is 1. The molecule has 0 spiro atoms. The second-order valence-corrected chi connectivity index (χ2v) is 5.37. The van der Waals surface area contributed by atoms with Crippen molar-refractivity contribution in [2.75, 3.05) is 10.1 Å². The molecule has 4 N–H and O–H groups in total. The van der Waals surface area contributed by atoms with E-state index in [9.17, 15) is 8.42 Å². The molecular formula is C11H13N5O2S. The van der Waals surface area contributed by atoms with Gasteiger partial charge in [0.2, 0.25) is 5.03 Å². The van der Waals surface area contributed by atoms with E-state index in [1.165, 1.54) is 18.5 Å². The lowest BCUT2D eigenvalue weighted by Gasteiger charge is -2.11. The first-order valence-electron chi connectivity index (χ1n) is 5.40. The molecule has 100 valence electrons. The molecule has 19 heavy (non-hydrogen) atoms. The molecule has 0 aliphatic rings. The number of hydrogen-bond donors (Lipinski definition) is 3. The third kappa shape index (κ3) is 2.80. The van der Waals surface area contributed by atoms with E-state index < -0.39 is 10.0 Å². The van der Waals surface area contributed by atoms with Crippen molar-refractivity contribution in [1.29, 1.82) is 0 Å². The van der Waals surface area contributed by atoms with Gasteiger partial charge in [-0.05, 0) is 30.7 Å². The molecule has 8 heteroatoms. The van der Waals surface area contributed by atoms with Crippen LogP contribution in [0.2, 0.25) is 0 Å². The van der Waals surface area contributed by atoms with Crippen molar-refractivity contribution in [2.45, 2.75) is 11.9 Å². The normalized spacial score (nSPS) is 11.1. The molecule has 2 rings (SSSR count). The van der Waals surface area contributed by atoms with Crippen molar-refractivity contribution >= 4 is 21.5 Å². The number of aryl methyl sites for hydroxylation is 1. The first-order valence-corrected chi connectivity index (χ1v) is 6.89. The summed E-state index contributed by atoms with van der Waals surface area (Å²) in [5, 5.41) is -0.178. The summed E-state index contributed by atoms with van der Waals surface area (Å²) in [5.74, 6) is 5.53. The van der Waals surface area contributed by atoms with Crippen LogP contribution in [0.3, 0.4) is 0 Å². The van der Waals surface area contributed by atoms with Crippen LogP contribution in [0.4, 0.5) is 11.5 Å². The standard InChI is InChI=1S/C11H13N5O2S/c1-8-4-2-6-13-10(8)16-19(17,18)11-9(15-12)5-3-7-14-11/h2-7,15H,12H2,1H3,(H,13,16). The maximum Gasteiger partial charge on any atom is 0.282 e. The third-order valence-corrected chi connectivity index (χ3v) is 3.72. The van der Waals surface area contributed by atoms with Crippen LogP contribution in [0.25, 0.3) is 0 Å². The Labute approximate surface area is 110 Å². The SMILES string of the molecule is Cc1cccnc1NS(=O)(=O)c1ncccc1NN. The lowest BCUT2D eigenvalue weighted by Crippen LogP contribution is -2.19. The Kier molecular flexibility index (Phi) is 3.63. The third-order valence-electron chi connectivity index (χ3n) is 2.42. The van der Waals surface area contributed by atoms with E-state index in [-0.39, 0.29) is 16.5 Å². The number of nitrogens with one attached hydrogen (secondary N) is 2. The van der Waals surface area contributed by atoms with Gasteiger partial charge in [0.15, 0.2) is 0 Å². The van der Waals surface area contributed by atoms with E-state index in [0.29, 0.717) is 5.56 Å². The van der Waals surface area contributed by atoms with Crippen LogP contribution < -0.4 is 16.0 Å². The molecule has 0 bridgehead atoms. The zero-order chi connectivity index (χ0) is 13.9. The highest BCUT2D eigenvalue weighted by molar-refractivity contribution is 7.92. The minimum atomic E-state index is -3.84. The van der Waals surface area contributed by atoms with Crippen molar-refractivity contribution in [2.24, 2.45) is 5.84 Å². The second-order valence-electron chi connectivity index (χ2n) is 3.77. The average Bonchev–Trinajstić information content (AvgIpc) is 2.41. The Morgan fingerprint density at radius 2 is 1.84 bits per heavy atom. The van der Waals surface area contributed by atoms with Crippen molar-refractivity contribution in [3.63, 3.8) is 0 Å². The number of hydrogen-bond acceptors (Lipinski definition) is 6. The fourth-order valence-electron chi connectivity index (χ4n) is 1.48. The predicted octanol–water partition coefficient (Wildman–Crippen LogP) is 0.871. The highest BCUT2D eigenvalue weighted by atomic mass is 32.2. The van der Waals surface area contributed by atoms with Crippen molar-refractivity contribution in [3.8, 4) is 0 Å². The molecule has 2 aromatic rings. The van der Waals surface area contributed by atoms with Crippen LogP contribution in [-0.2, 0) is 10.0 Å². The maximum atomic E-state index is 12.2. The van der Waals surface area contributed by atoms with Crippen molar-refractivity contribution in [3.05, 3.63) is 42.2 Å². The molecule has 2 aromatic heterocycles. The van der Waals surface area contributed by atoms with Crippen LogP contribution in [-0.4, -0.2) is 18.4 Å². The van der Waals surface area contributed by atoms with Gasteiger partial charge in [0.25, 0.3) is 10.0 Å². The molecule has 0 aliphatic heterocycles. The quantitative estimate of drug-likeness (QED) is 0.566. The number of aromatic nitrogens is 2. The molecule has 0 aliphatic carbocycles. The number of nitrogen functional groups attached to an aromatic ring is 1. The molecule has 2 heterocycles. The van der Waals surface area contributed by atoms with Crippen LogP contribution in [0.15, 0.2) is 41.7 Å². The molecule has 0 saturated carbocycles. The lowest BCUT2D eigenvalue weighted by molar-refractivity contribution is 0.597. The molecule has 0 saturated heterocycles. The molecule has 0 radical (unpaired) electrons. The first-order chi connectivity index (χ1) is 9.04. The van der Waals surface area contributed by atoms with E-state index in [0.717, 1.165) is 0 Å². The second kappa shape index (κ2) is 5.21. The van der Waals surface area contributed by atoms with Gasteiger partial charge in [-0.25, -0.2) is 9.97 Å². The maximum absolute atomic E-state index is 12.2. The van der Waals surface area contributed by atoms with Crippen LogP contribution in [0, 0.1) is 6.92 Å². The minimum absolute atomic E-state index is 0.178. The summed E-state index contributed by atoms with van der Waals surface area (Å²) in [7, 11) is -3.84. The van der Waals surface area contributed by atoms with E-state index in [1.807, 2.05) is 0 Å². The predicted molar refractivity (Wildman–Crippen MR) is 71.8 cm³/mol. The molecule has 7 nitrogen and oxygen atoms in total. The first kappa shape index (κ1) is 13.2. The fraction of sp³-hybridized carbons (Fsp3) is 0.0909. The highest BCUT2D eigenvalue weighted by Gasteiger charge is 2.21. The van der Waals surface area contributed by atoms with E-state index in [1.54, 1.807) is 25.1 Å². The van der Waals surface area contributed by atoms with Gasteiger partial charge in [-0.2, -0.15) is 8.42 Å². The van der Waals surface area contributed by atoms with Gasteiger partial charge >= 0.3 is 0 Å². The summed E-state index contributed by atoms with van der Waals surface area (Å²) in [5.41, 5.74) is 3.22. The zero-order valence-electron chi connectivity index (χ0n) is 10.2. The molecule has 0 fully saturated rings. The summed E-state index contributed by atoms with van der Waals surface area (Å²) in [6.45, 7) is 1.76. The number of nitrogens with zero attached hydrogens (tertiary/aromatic N) is 2. The van der Waals surface area contributed by atoms with Crippen molar-refractivity contribution < 1.29 is 8.42 Å². The molecule has 0 unspecified atom stereocenters. The van der Waals surface area contributed by atoms with E-state index in [2.05, 4.69) is 20.1 Å². The number of pyridine rings is 2. The average molecular weight is 279 g/mol. The Morgan fingerprint density at radius 3 is 2.53 bits per heavy atom.